The van der Waals surface area contributed by atoms with Gasteiger partial charge in [-0.05, 0) is 38.2 Å². The van der Waals surface area contributed by atoms with Crippen molar-refractivity contribution in [1.82, 2.24) is 14.7 Å². The summed E-state index contributed by atoms with van der Waals surface area (Å²) in [6, 6.07) is 10.4. The number of nitrogens with zero attached hydrogens (tertiary/aromatic N) is 3. The van der Waals surface area contributed by atoms with E-state index in [9.17, 15) is 9.59 Å². The Labute approximate surface area is 142 Å². The number of piperidine rings is 1. The number of likely N-dealkylation sites (tertiary alicyclic amines) is 1. The third-order valence-corrected chi connectivity index (χ3v) is 4.98. The van der Waals surface area contributed by atoms with Crippen LogP contribution in [0.4, 0.5) is 0 Å². The molecule has 2 heterocycles. The van der Waals surface area contributed by atoms with Gasteiger partial charge in [0.2, 0.25) is 0 Å². The molecule has 1 saturated heterocycles. The molecule has 1 aliphatic heterocycles. The van der Waals surface area contributed by atoms with E-state index in [1.54, 1.807) is 23.6 Å². The van der Waals surface area contributed by atoms with Gasteiger partial charge in [0.1, 0.15) is 0 Å². The molecule has 1 aromatic carbocycles. The minimum Gasteiger partial charge on any atom is -0.336 e. The molecule has 1 fully saturated rings. The number of carbonyl (C=O) groups excluding carboxylic acids is 2. The number of amides is 1. The molecular formula is C19H23N3O2. The molecular weight excluding hydrogens is 302 g/mol. The molecule has 1 amide bonds. The van der Waals surface area contributed by atoms with Crippen molar-refractivity contribution in [1.29, 1.82) is 0 Å². The fraction of sp³-hybridized carbons (Fsp3) is 0.421. The molecule has 1 aromatic heterocycles. The van der Waals surface area contributed by atoms with Gasteiger partial charge in [0.25, 0.3) is 11.7 Å². The first kappa shape index (κ1) is 16.4. The third kappa shape index (κ3) is 2.98. The van der Waals surface area contributed by atoms with Crippen LogP contribution in [0.3, 0.4) is 0 Å². The van der Waals surface area contributed by atoms with Crippen LogP contribution in [0, 0.1) is 13.8 Å². The second-order valence-corrected chi connectivity index (χ2v) is 6.48. The summed E-state index contributed by atoms with van der Waals surface area (Å²) in [7, 11) is 1.79. The quantitative estimate of drug-likeness (QED) is 0.644. The Morgan fingerprint density at radius 3 is 2.25 bits per heavy atom. The molecule has 0 unspecified atom stereocenters. The van der Waals surface area contributed by atoms with Crippen molar-refractivity contribution in [2.75, 3.05) is 13.1 Å². The molecule has 0 saturated carbocycles. The molecule has 1 aliphatic rings. The van der Waals surface area contributed by atoms with Crippen LogP contribution in [0.5, 0.6) is 0 Å². The summed E-state index contributed by atoms with van der Waals surface area (Å²) in [5, 5.41) is 4.24. The maximum atomic E-state index is 12.6. The predicted octanol–water partition coefficient (Wildman–Crippen LogP) is 2.63. The van der Waals surface area contributed by atoms with E-state index < -0.39 is 11.7 Å². The molecule has 2 aromatic rings. The van der Waals surface area contributed by atoms with Crippen LogP contribution in [-0.4, -0.2) is 39.5 Å². The standard InChI is InChI=1S/C19H23N3O2/c1-13-17(14(2)21(3)20-13)18(23)19(24)22-11-9-16(10-12-22)15-7-5-4-6-8-15/h4-8,16H,9-12H2,1-3H3. The monoisotopic (exact) mass is 325 g/mol. The first-order chi connectivity index (χ1) is 11.5. The minimum absolute atomic E-state index is 0.402. The minimum atomic E-state index is -0.434. The van der Waals surface area contributed by atoms with E-state index >= 15 is 0 Å². The fourth-order valence-electron chi connectivity index (χ4n) is 3.49. The van der Waals surface area contributed by atoms with E-state index in [1.807, 2.05) is 25.1 Å². The van der Waals surface area contributed by atoms with Crippen LogP contribution in [0.1, 0.15) is 46.1 Å². The molecule has 5 heteroatoms. The summed E-state index contributed by atoms with van der Waals surface area (Å²) < 4.78 is 1.65. The average molecular weight is 325 g/mol. The van der Waals surface area contributed by atoms with Gasteiger partial charge >= 0.3 is 0 Å². The number of aryl methyl sites for hydroxylation is 2. The van der Waals surface area contributed by atoms with Crippen molar-refractivity contribution >= 4 is 11.7 Å². The van der Waals surface area contributed by atoms with Gasteiger partial charge in [0.05, 0.1) is 11.3 Å². The lowest BCUT2D eigenvalue weighted by Gasteiger charge is -2.31. The average Bonchev–Trinajstić information content (AvgIpc) is 2.87. The highest BCUT2D eigenvalue weighted by Crippen LogP contribution is 2.28. The van der Waals surface area contributed by atoms with Gasteiger partial charge in [0, 0.05) is 25.8 Å². The van der Waals surface area contributed by atoms with Gasteiger partial charge in [-0.2, -0.15) is 5.10 Å². The topological polar surface area (TPSA) is 55.2 Å². The number of rotatable bonds is 3. The summed E-state index contributed by atoms with van der Waals surface area (Å²) in [5.74, 6) is -0.371. The Morgan fingerprint density at radius 2 is 1.71 bits per heavy atom. The molecule has 3 rings (SSSR count). The van der Waals surface area contributed by atoms with Crippen LogP contribution in [0.15, 0.2) is 30.3 Å². The van der Waals surface area contributed by atoms with Gasteiger partial charge in [-0.1, -0.05) is 30.3 Å². The SMILES string of the molecule is Cc1nn(C)c(C)c1C(=O)C(=O)N1CCC(c2ccccc2)CC1. The van der Waals surface area contributed by atoms with Gasteiger partial charge in [-0.3, -0.25) is 14.3 Å². The Kier molecular flexibility index (Phi) is 4.51. The largest absolute Gasteiger partial charge is 0.336 e. The fourth-order valence-corrected chi connectivity index (χ4v) is 3.49. The first-order valence-corrected chi connectivity index (χ1v) is 8.37. The maximum absolute atomic E-state index is 12.6. The Morgan fingerprint density at radius 1 is 1.08 bits per heavy atom. The molecule has 0 bridgehead atoms. The van der Waals surface area contributed by atoms with Crippen LogP contribution >= 0.6 is 0 Å². The molecule has 0 N–H and O–H groups in total. The van der Waals surface area contributed by atoms with Gasteiger partial charge in [-0.25, -0.2) is 0 Å². The molecule has 24 heavy (non-hydrogen) atoms. The van der Waals surface area contributed by atoms with E-state index in [2.05, 4.69) is 17.2 Å². The van der Waals surface area contributed by atoms with Crippen LogP contribution in [0.2, 0.25) is 0 Å². The first-order valence-electron chi connectivity index (χ1n) is 8.37. The zero-order chi connectivity index (χ0) is 17.3. The number of Topliss-reactive ketones (excluding diaryl/α,β-unsaturated/α-hetero) is 1. The Hall–Kier alpha value is -2.43. The molecule has 0 radical (unpaired) electrons. The van der Waals surface area contributed by atoms with E-state index in [-0.39, 0.29) is 0 Å². The van der Waals surface area contributed by atoms with Crippen molar-refractivity contribution in [3.63, 3.8) is 0 Å². The van der Waals surface area contributed by atoms with Crippen molar-refractivity contribution in [3.8, 4) is 0 Å². The van der Waals surface area contributed by atoms with Crippen molar-refractivity contribution in [2.24, 2.45) is 7.05 Å². The van der Waals surface area contributed by atoms with Crippen molar-refractivity contribution in [3.05, 3.63) is 52.8 Å². The number of benzene rings is 1. The van der Waals surface area contributed by atoms with Gasteiger partial charge in [0.15, 0.2) is 0 Å². The summed E-state index contributed by atoms with van der Waals surface area (Å²) in [4.78, 5) is 26.9. The van der Waals surface area contributed by atoms with Crippen LogP contribution in [0.25, 0.3) is 0 Å². The second kappa shape index (κ2) is 6.59. The van der Waals surface area contributed by atoms with E-state index in [4.69, 9.17) is 0 Å². The van der Waals surface area contributed by atoms with Crippen LogP contribution < -0.4 is 0 Å². The van der Waals surface area contributed by atoms with Crippen molar-refractivity contribution < 1.29 is 9.59 Å². The summed E-state index contributed by atoms with van der Waals surface area (Å²) in [6.07, 6.45) is 1.79. The van der Waals surface area contributed by atoms with Crippen molar-refractivity contribution in [2.45, 2.75) is 32.6 Å². The van der Waals surface area contributed by atoms with E-state index in [0.717, 1.165) is 18.5 Å². The highest BCUT2D eigenvalue weighted by molar-refractivity contribution is 6.43. The molecule has 126 valence electrons. The smallest absolute Gasteiger partial charge is 0.295 e. The molecule has 0 aliphatic carbocycles. The highest BCUT2D eigenvalue weighted by Gasteiger charge is 2.31. The normalized spacial score (nSPS) is 15.5. The molecule has 0 spiro atoms. The Balaban J connectivity index is 1.68. The highest BCUT2D eigenvalue weighted by atomic mass is 16.2. The second-order valence-electron chi connectivity index (χ2n) is 6.48. The lowest BCUT2D eigenvalue weighted by atomic mass is 9.89. The predicted molar refractivity (Wildman–Crippen MR) is 92.0 cm³/mol. The number of ketones is 1. The molecule has 0 atom stereocenters. The number of hydrogen-bond acceptors (Lipinski definition) is 3. The van der Waals surface area contributed by atoms with E-state index in [0.29, 0.717) is 30.3 Å². The summed E-state index contributed by atoms with van der Waals surface area (Å²) in [5.41, 5.74) is 3.13. The number of hydrogen-bond donors (Lipinski definition) is 0. The Bertz CT molecular complexity index is 756. The number of carbonyl (C=O) groups is 2. The number of aromatic nitrogens is 2. The lowest BCUT2D eigenvalue weighted by Crippen LogP contribution is -2.42. The maximum Gasteiger partial charge on any atom is 0.295 e. The van der Waals surface area contributed by atoms with Gasteiger partial charge in [-0.15, -0.1) is 0 Å². The third-order valence-electron chi connectivity index (χ3n) is 4.98. The van der Waals surface area contributed by atoms with E-state index in [1.165, 1.54) is 5.56 Å². The van der Waals surface area contributed by atoms with Crippen LogP contribution in [-0.2, 0) is 11.8 Å². The zero-order valence-electron chi connectivity index (χ0n) is 14.5. The zero-order valence-corrected chi connectivity index (χ0v) is 14.5. The molecule has 5 nitrogen and oxygen atoms in total. The summed E-state index contributed by atoms with van der Waals surface area (Å²) in [6.45, 7) is 4.85. The summed E-state index contributed by atoms with van der Waals surface area (Å²) >= 11 is 0. The van der Waals surface area contributed by atoms with Gasteiger partial charge < -0.3 is 4.90 Å². The lowest BCUT2D eigenvalue weighted by molar-refractivity contribution is -0.127.